The summed E-state index contributed by atoms with van der Waals surface area (Å²) in [4.78, 5) is 12.0. The Hall–Kier alpha value is -1.55. The maximum absolute atomic E-state index is 12.0. The third kappa shape index (κ3) is 4.04. The molecule has 0 heterocycles. The summed E-state index contributed by atoms with van der Waals surface area (Å²) in [6.07, 6.45) is 1.71. The van der Waals surface area contributed by atoms with E-state index in [1.807, 2.05) is 32.0 Å². The van der Waals surface area contributed by atoms with Crippen LogP contribution in [0, 0.1) is 6.92 Å². The van der Waals surface area contributed by atoms with Crippen molar-refractivity contribution < 1.29 is 9.53 Å². The number of aryl methyl sites for hydroxylation is 1. The molecule has 1 rings (SSSR count). The monoisotopic (exact) mass is 250 g/mol. The van der Waals surface area contributed by atoms with E-state index in [9.17, 15) is 4.79 Å². The fraction of sp³-hybridized carbons (Fsp3) is 0.500. The molecule has 1 amide bonds. The first-order chi connectivity index (χ1) is 8.58. The van der Waals surface area contributed by atoms with Gasteiger partial charge < -0.3 is 15.8 Å². The van der Waals surface area contributed by atoms with Crippen LogP contribution in [0.25, 0.3) is 0 Å². The quantitative estimate of drug-likeness (QED) is 0.810. The molecule has 1 aromatic rings. The van der Waals surface area contributed by atoms with E-state index in [1.54, 1.807) is 7.11 Å². The molecule has 0 aliphatic carbocycles. The van der Waals surface area contributed by atoms with Crippen LogP contribution in [0.2, 0.25) is 0 Å². The first-order valence-electron chi connectivity index (χ1n) is 6.27. The summed E-state index contributed by atoms with van der Waals surface area (Å²) in [5.41, 5.74) is 7.41. The van der Waals surface area contributed by atoms with Crippen LogP contribution in [0.1, 0.15) is 35.7 Å². The van der Waals surface area contributed by atoms with Crippen molar-refractivity contribution >= 4 is 5.91 Å². The Labute approximate surface area is 109 Å². The van der Waals surface area contributed by atoms with E-state index >= 15 is 0 Å². The van der Waals surface area contributed by atoms with Crippen molar-refractivity contribution in [2.75, 3.05) is 13.7 Å². The van der Waals surface area contributed by atoms with Gasteiger partial charge >= 0.3 is 0 Å². The van der Waals surface area contributed by atoms with Gasteiger partial charge in [-0.05, 0) is 31.9 Å². The number of amides is 1. The van der Waals surface area contributed by atoms with Crippen LogP contribution >= 0.6 is 0 Å². The lowest BCUT2D eigenvalue weighted by molar-refractivity contribution is 0.0949. The van der Waals surface area contributed by atoms with Crippen molar-refractivity contribution in [2.24, 2.45) is 5.73 Å². The average Bonchev–Trinajstić information content (AvgIpc) is 2.38. The number of methoxy groups -OCH3 is 1. The normalized spacial score (nSPS) is 12.0. The van der Waals surface area contributed by atoms with E-state index in [-0.39, 0.29) is 11.9 Å². The largest absolute Gasteiger partial charge is 0.496 e. The number of carbonyl (C=O) groups excluding carboxylic acids is 1. The molecule has 0 saturated heterocycles. The van der Waals surface area contributed by atoms with Crippen molar-refractivity contribution in [3.05, 3.63) is 29.3 Å². The molecular formula is C14H22N2O2. The molecule has 1 aromatic carbocycles. The molecule has 18 heavy (non-hydrogen) atoms. The van der Waals surface area contributed by atoms with Gasteiger partial charge in [-0.3, -0.25) is 4.79 Å². The van der Waals surface area contributed by atoms with Crippen molar-refractivity contribution in [2.45, 2.75) is 32.7 Å². The van der Waals surface area contributed by atoms with Crippen LogP contribution in [-0.2, 0) is 0 Å². The first kappa shape index (κ1) is 14.5. The van der Waals surface area contributed by atoms with Crippen LogP contribution in [-0.4, -0.2) is 25.6 Å². The minimum absolute atomic E-state index is 0.112. The lowest BCUT2D eigenvalue weighted by Crippen LogP contribution is -2.30. The number of nitrogens with one attached hydrogen (secondary N) is 1. The van der Waals surface area contributed by atoms with E-state index in [2.05, 4.69) is 5.32 Å². The zero-order chi connectivity index (χ0) is 13.5. The van der Waals surface area contributed by atoms with Gasteiger partial charge in [0.15, 0.2) is 0 Å². The van der Waals surface area contributed by atoms with Crippen molar-refractivity contribution in [3.8, 4) is 5.75 Å². The van der Waals surface area contributed by atoms with Gasteiger partial charge in [0.2, 0.25) is 0 Å². The molecule has 0 aliphatic rings. The van der Waals surface area contributed by atoms with Crippen LogP contribution in [0.5, 0.6) is 5.75 Å². The van der Waals surface area contributed by atoms with Crippen LogP contribution < -0.4 is 15.8 Å². The van der Waals surface area contributed by atoms with Crippen molar-refractivity contribution in [3.63, 3.8) is 0 Å². The summed E-state index contributed by atoms with van der Waals surface area (Å²) in [7, 11) is 1.56. The number of rotatable bonds is 6. The van der Waals surface area contributed by atoms with Crippen LogP contribution in [0.3, 0.4) is 0 Å². The van der Waals surface area contributed by atoms with Gasteiger partial charge in [-0.15, -0.1) is 0 Å². The second kappa shape index (κ2) is 7.01. The molecule has 0 spiro atoms. The van der Waals surface area contributed by atoms with E-state index in [4.69, 9.17) is 10.5 Å². The molecule has 1 atom stereocenters. The van der Waals surface area contributed by atoms with Gasteiger partial charge in [0.1, 0.15) is 5.75 Å². The highest BCUT2D eigenvalue weighted by Gasteiger charge is 2.12. The summed E-state index contributed by atoms with van der Waals surface area (Å²) in [6, 6.07) is 5.70. The van der Waals surface area contributed by atoms with E-state index < -0.39 is 0 Å². The maximum atomic E-state index is 12.0. The zero-order valence-corrected chi connectivity index (χ0v) is 11.3. The Morgan fingerprint density at radius 3 is 2.83 bits per heavy atom. The molecule has 3 N–H and O–H groups in total. The smallest absolute Gasteiger partial charge is 0.255 e. The molecule has 4 nitrogen and oxygen atoms in total. The lowest BCUT2D eigenvalue weighted by atomic mass is 10.1. The predicted molar refractivity (Wildman–Crippen MR) is 72.9 cm³/mol. The summed E-state index contributed by atoms with van der Waals surface area (Å²) in [6.45, 7) is 4.57. The topological polar surface area (TPSA) is 64.3 Å². The Morgan fingerprint density at radius 1 is 1.50 bits per heavy atom. The molecular weight excluding hydrogens is 228 g/mol. The third-order valence-corrected chi connectivity index (χ3v) is 2.92. The molecule has 0 bridgehead atoms. The van der Waals surface area contributed by atoms with E-state index in [1.165, 1.54) is 0 Å². The van der Waals surface area contributed by atoms with Crippen LogP contribution in [0.4, 0.5) is 0 Å². The maximum Gasteiger partial charge on any atom is 0.255 e. The molecule has 0 aliphatic heterocycles. The highest BCUT2D eigenvalue weighted by molar-refractivity contribution is 5.97. The summed E-state index contributed by atoms with van der Waals surface area (Å²) in [5.74, 6) is 0.483. The van der Waals surface area contributed by atoms with E-state index in [0.29, 0.717) is 17.9 Å². The highest BCUT2D eigenvalue weighted by Crippen LogP contribution is 2.19. The predicted octanol–water partition coefficient (Wildman–Crippen LogP) is 1.86. The summed E-state index contributed by atoms with van der Waals surface area (Å²) >= 11 is 0. The number of ether oxygens (including phenoxy) is 1. The number of carbonyl (C=O) groups is 1. The molecule has 0 radical (unpaired) electrons. The number of hydrogen-bond donors (Lipinski definition) is 2. The number of benzene rings is 1. The van der Waals surface area contributed by atoms with Crippen molar-refractivity contribution in [1.29, 1.82) is 0 Å². The van der Waals surface area contributed by atoms with E-state index in [0.717, 1.165) is 18.4 Å². The van der Waals surface area contributed by atoms with Crippen LogP contribution in [0.15, 0.2) is 18.2 Å². The average molecular weight is 250 g/mol. The van der Waals surface area contributed by atoms with Gasteiger partial charge in [-0.1, -0.05) is 18.6 Å². The number of nitrogens with two attached hydrogens (primary N) is 1. The second-order valence-corrected chi connectivity index (χ2v) is 4.42. The Kier molecular flexibility index (Phi) is 5.65. The Balaban J connectivity index is 2.63. The molecule has 0 aromatic heterocycles. The van der Waals surface area contributed by atoms with Gasteiger partial charge in [0, 0.05) is 12.6 Å². The number of hydrogen-bond acceptors (Lipinski definition) is 3. The second-order valence-electron chi connectivity index (χ2n) is 4.42. The van der Waals surface area contributed by atoms with Gasteiger partial charge in [0.25, 0.3) is 5.91 Å². The summed E-state index contributed by atoms with van der Waals surface area (Å²) in [5, 5.41) is 2.87. The third-order valence-electron chi connectivity index (χ3n) is 2.92. The van der Waals surface area contributed by atoms with Gasteiger partial charge in [-0.25, -0.2) is 0 Å². The highest BCUT2D eigenvalue weighted by atomic mass is 16.5. The molecule has 0 fully saturated rings. The minimum Gasteiger partial charge on any atom is -0.496 e. The molecule has 4 heteroatoms. The lowest BCUT2D eigenvalue weighted by Gasteiger charge is -2.12. The molecule has 0 saturated carbocycles. The minimum atomic E-state index is -0.112. The Morgan fingerprint density at radius 2 is 2.22 bits per heavy atom. The summed E-state index contributed by atoms with van der Waals surface area (Å²) < 4.78 is 5.18. The fourth-order valence-electron chi connectivity index (χ4n) is 1.67. The molecule has 100 valence electrons. The first-order valence-corrected chi connectivity index (χ1v) is 6.27. The van der Waals surface area contributed by atoms with Crippen molar-refractivity contribution in [1.82, 2.24) is 5.32 Å². The van der Waals surface area contributed by atoms with Gasteiger partial charge in [0.05, 0.1) is 12.7 Å². The van der Waals surface area contributed by atoms with Gasteiger partial charge in [-0.2, -0.15) is 0 Å². The standard InChI is InChI=1S/C14H22N2O2/c1-4-11(15)7-8-16-14(17)12-9-10(2)5-6-13(12)18-3/h5-6,9,11H,4,7-8,15H2,1-3H3,(H,16,17). The SMILES string of the molecule is CCC(N)CCNC(=O)c1cc(C)ccc1OC. The Bertz CT molecular complexity index is 405. The fourth-order valence-corrected chi connectivity index (χ4v) is 1.67. The molecule has 1 unspecified atom stereocenters. The zero-order valence-electron chi connectivity index (χ0n) is 11.3.